The molecule has 1 saturated carbocycles. The minimum atomic E-state index is -0.0439. The average Bonchev–Trinajstić information content (AvgIpc) is 2.73. The van der Waals surface area contributed by atoms with E-state index in [9.17, 15) is 4.79 Å². The molecule has 3 nitrogen and oxygen atoms in total. The smallest absolute Gasteiger partial charge is 0.271 e. The van der Waals surface area contributed by atoms with Gasteiger partial charge in [0.1, 0.15) is 5.69 Å². The normalized spacial score (nSPS) is 26.1. The van der Waals surface area contributed by atoms with Crippen LogP contribution < -0.4 is 5.32 Å². The van der Waals surface area contributed by atoms with Gasteiger partial charge in [-0.2, -0.15) is 0 Å². The first-order chi connectivity index (χ1) is 7.77. The molecule has 0 radical (unpaired) electrons. The summed E-state index contributed by atoms with van der Waals surface area (Å²) in [5, 5.41) is 4.86. The van der Waals surface area contributed by atoms with Crippen LogP contribution in [-0.2, 0) is 0 Å². The quantitative estimate of drug-likeness (QED) is 0.674. The van der Waals surface area contributed by atoms with Crippen molar-refractivity contribution in [3.63, 3.8) is 0 Å². The molecule has 0 bridgehead atoms. The van der Waals surface area contributed by atoms with Gasteiger partial charge in [0.2, 0.25) is 0 Å². The van der Waals surface area contributed by atoms with E-state index in [1.807, 2.05) is 0 Å². The molecule has 0 saturated heterocycles. The van der Waals surface area contributed by atoms with Crippen LogP contribution in [0.25, 0.3) is 0 Å². The van der Waals surface area contributed by atoms with Gasteiger partial charge in [-0.1, -0.05) is 35.2 Å². The van der Waals surface area contributed by atoms with E-state index >= 15 is 0 Å². The van der Waals surface area contributed by atoms with E-state index in [0.29, 0.717) is 10.5 Å². The predicted octanol–water partition coefficient (Wildman–Crippen LogP) is 2.97. The van der Waals surface area contributed by atoms with E-state index in [-0.39, 0.29) is 11.9 Å². The van der Waals surface area contributed by atoms with Crippen molar-refractivity contribution in [1.82, 2.24) is 10.3 Å². The van der Waals surface area contributed by atoms with Crippen LogP contribution in [0.5, 0.6) is 0 Å². The van der Waals surface area contributed by atoms with Gasteiger partial charge >= 0.3 is 0 Å². The fraction of sp³-hybridized carbons (Fsp3) is 0.636. The van der Waals surface area contributed by atoms with Crippen LogP contribution >= 0.6 is 27.3 Å². The van der Waals surface area contributed by atoms with Gasteiger partial charge in [-0.25, -0.2) is 4.98 Å². The number of rotatable bonds is 2. The zero-order valence-corrected chi connectivity index (χ0v) is 11.4. The lowest BCUT2D eigenvalue weighted by atomic mass is 10.1. The van der Waals surface area contributed by atoms with Crippen LogP contribution in [0.15, 0.2) is 10.9 Å². The number of halogens is 1. The van der Waals surface area contributed by atoms with Crippen molar-refractivity contribution in [3.05, 3.63) is 16.6 Å². The summed E-state index contributed by atoms with van der Waals surface area (Å²) in [6.45, 7) is 0. The molecule has 0 aromatic carbocycles. The topological polar surface area (TPSA) is 42.0 Å². The summed E-state index contributed by atoms with van der Waals surface area (Å²) < 4.78 is 0. The van der Waals surface area contributed by atoms with E-state index in [1.165, 1.54) is 30.6 Å². The van der Waals surface area contributed by atoms with Crippen LogP contribution in [0, 0.1) is 0 Å². The molecule has 1 aliphatic carbocycles. The number of alkyl halides is 1. The molecule has 1 aromatic heterocycles. The van der Waals surface area contributed by atoms with E-state index < -0.39 is 0 Å². The Labute approximate surface area is 108 Å². The average molecular weight is 303 g/mol. The van der Waals surface area contributed by atoms with Gasteiger partial charge in [-0.15, -0.1) is 11.3 Å². The summed E-state index contributed by atoms with van der Waals surface area (Å²) in [5.74, 6) is -0.0439. The molecule has 2 rings (SSSR count). The molecule has 5 heteroatoms. The predicted molar refractivity (Wildman–Crippen MR) is 69.2 cm³/mol. The number of hydrogen-bond acceptors (Lipinski definition) is 3. The maximum Gasteiger partial charge on any atom is 0.271 e. The molecule has 88 valence electrons. The van der Waals surface area contributed by atoms with Crippen molar-refractivity contribution < 1.29 is 4.79 Å². The molecule has 1 fully saturated rings. The number of aromatic nitrogens is 1. The summed E-state index contributed by atoms with van der Waals surface area (Å²) in [7, 11) is 0. The number of carbonyl (C=O) groups is 1. The Kier molecular flexibility index (Phi) is 4.35. The Morgan fingerprint density at radius 1 is 1.44 bits per heavy atom. The molecule has 1 N–H and O–H groups in total. The third-order valence-electron chi connectivity index (χ3n) is 2.91. The second kappa shape index (κ2) is 5.77. The molecule has 2 atom stereocenters. The summed E-state index contributed by atoms with van der Waals surface area (Å²) in [6, 6.07) is 0.247. The molecule has 1 aliphatic rings. The minimum Gasteiger partial charge on any atom is -0.347 e. The van der Waals surface area contributed by atoms with Crippen molar-refractivity contribution in [2.24, 2.45) is 0 Å². The van der Waals surface area contributed by atoms with Crippen LogP contribution in [0.2, 0.25) is 0 Å². The maximum atomic E-state index is 11.8. The number of amides is 1. The molecule has 0 spiro atoms. The fourth-order valence-electron chi connectivity index (χ4n) is 1.99. The van der Waals surface area contributed by atoms with Crippen molar-refractivity contribution >= 4 is 33.2 Å². The molecule has 1 aromatic rings. The van der Waals surface area contributed by atoms with Crippen LogP contribution in [-0.4, -0.2) is 21.8 Å². The van der Waals surface area contributed by atoms with Gasteiger partial charge in [-0.3, -0.25) is 4.79 Å². The highest BCUT2D eigenvalue weighted by Gasteiger charge is 2.23. The second-order valence-electron chi connectivity index (χ2n) is 4.11. The third-order valence-corrected chi connectivity index (χ3v) is 4.60. The Hall–Kier alpha value is -0.420. The Balaban J connectivity index is 1.95. The lowest BCUT2D eigenvalue weighted by Gasteiger charge is -2.20. The Morgan fingerprint density at radius 2 is 2.25 bits per heavy atom. The van der Waals surface area contributed by atoms with E-state index in [1.54, 1.807) is 10.9 Å². The zero-order chi connectivity index (χ0) is 11.4. The van der Waals surface area contributed by atoms with Crippen molar-refractivity contribution in [3.8, 4) is 0 Å². The number of nitrogens with one attached hydrogen (secondary N) is 1. The van der Waals surface area contributed by atoms with E-state index in [2.05, 4.69) is 26.2 Å². The minimum absolute atomic E-state index is 0.0439. The number of thiazole rings is 1. The molecular formula is C11H15BrN2OS. The number of hydrogen-bond donors (Lipinski definition) is 1. The Morgan fingerprint density at radius 3 is 3.00 bits per heavy atom. The first-order valence-corrected chi connectivity index (χ1v) is 7.46. The monoisotopic (exact) mass is 302 g/mol. The van der Waals surface area contributed by atoms with Gasteiger partial charge in [0.25, 0.3) is 5.91 Å². The molecule has 1 amide bonds. The maximum absolute atomic E-state index is 11.8. The Bertz CT molecular complexity index is 342. The first-order valence-electron chi connectivity index (χ1n) is 5.60. The van der Waals surface area contributed by atoms with Crippen molar-refractivity contribution in [2.45, 2.75) is 43.0 Å². The summed E-state index contributed by atoms with van der Waals surface area (Å²) >= 11 is 5.12. The molecular weight excluding hydrogens is 288 g/mol. The fourth-order valence-corrected chi connectivity index (χ4v) is 3.24. The third kappa shape index (κ3) is 3.04. The van der Waals surface area contributed by atoms with Gasteiger partial charge < -0.3 is 5.32 Å². The van der Waals surface area contributed by atoms with Gasteiger partial charge in [-0.05, 0) is 12.8 Å². The highest BCUT2D eigenvalue weighted by atomic mass is 79.9. The molecule has 2 unspecified atom stereocenters. The summed E-state index contributed by atoms with van der Waals surface area (Å²) in [4.78, 5) is 16.3. The van der Waals surface area contributed by atoms with Gasteiger partial charge in [0, 0.05) is 16.2 Å². The lowest BCUT2D eigenvalue weighted by Crippen LogP contribution is -2.40. The van der Waals surface area contributed by atoms with Crippen molar-refractivity contribution in [2.75, 3.05) is 0 Å². The van der Waals surface area contributed by atoms with Crippen molar-refractivity contribution in [1.29, 1.82) is 0 Å². The standard InChI is InChI=1S/C11H15BrN2OS/c12-8-4-2-1-3-5-9(8)14-11(15)10-6-16-7-13-10/h6-9H,1-5H2,(H,14,15). The van der Waals surface area contributed by atoms with E-state index in [0.717, 1.165) is 12.8 Å². The molecule has 16 heavy (non-hydrogen) atoms. The molecule has 1 heterocycles. The second-order valence-corrected chi connectivity index (χ2v) is 6.00. The van der Waals surface area contributed by atoms with Crippen LogP contribution in [0.3, 0.4) is 0 Å². The van der Waals surface area contributed by atoms with E-state index in [4.69, 9.17) is 0 Å². The largest absolute Gasteiger partial charge is 0.347 e. The SMILES string of the molecule is O=C(NC1CCCCCC1Br)c1cscn1. The number of carbonyl (C=O) groups excluding carboxylic acids is 1. The summed E-state index contributed by atoms with van der Waals surface area (Å²) in [5.41, 5.74) is 2.22. The number of nitrogens with zero attached hydrogens (tertiary/aromatic N) is 1. The highest BCUT2D eigenvalue weighted by Crippen LogP contribution is 2.23. The molecule has 0 aliphatic heterocycles. The highest BCUT2D eigenvalue weighted by molar-refractivity contribution is 9.09. The van der Waals surface area contributed by atoms with Crippen LogP contribution in [0.1, 0.15) is 42.6 Å². The lowest BCUT2D eigenvalue weighted by molar-refractivity contribution is 0.0930. The summed E-state index contributed by atoms with van der Waals surface area (Å²) in [6.07, 6.45) is 5.92. The van der Waals surface area contributed by atoms with Crippen LogP contribution in [0.4, 0.5) is 0 Å². The van der Waals surface area contributed by atoms with Gasteiger partial charge in [0.05, 0.1) is 5.51 Å². The first kappa shape index (κ1) is 12.0. The zero-order valence-electron chi connectivity index (χ0n) is 8.99. The van der Waals surface area contributed by atoms with Gasteiger partial charge in [0.15, 0.2) is 0 Å².